The zero-order valence-electron chi connectivity index (χ0n) is 41.0. The molecule has 4 atom stereocenters. The highest BCUT2D eigenvalue weighted by molar-refractivity contribution is 5.73. The Morgan fingerprint density at radius 2 is 0.774 bits per heavy atom. The van der Waals surface area contributed by atoms with Gasteiger partial charge in [-0.25, -0.2) is 9.59 Å². The van der Waals surface area contributed by atoms with Crippen molar-refractivity contribution in [2.45, 2.75) is 261 Å². The van der Waals surface area contributed by atoms with Gasteiger partial charge in [0.15, 0.2) is 12.2 Å². The van der Waals surface area contributed by atoms with E-state index in [4.69, 9.17) is 24.1 Å². The van der Waals surface area contributed by atoms with Crippen LogP contribution in [0, 0.1) is 41.5 Å². The maximum absolute atomic E-state index is 11.3. The van der Waals surface area contributed by atoms with Crippen LogP contribution in [-0.4, -0.2) is 46.6 Å². The normalized spacial score (nSPS) is 16.5. The molecule has 2 aliphatic rings. The molecule has 2 N–H and O–H groups in total. The lowest BCUT2D eigenvalue weighted by Crippen LogP contribution is -2.26. The summed E-state index contributed by atoms with van der Waals surface area (Å²) in [7, 11) is 0. The van der Waals surface area contributed by atoms with Crippen molar-refractivity contribution in [2.75, 3.05) is 0 Å². The molecule has 0 fully saturated rings. The summed E-state index contributed by atoms with van der Waals surface area (Å²) in [6, 6.07) is 0. The van der Waals surface area contributed by atoms with E-state index in [-0.39, 0.29) is 0 Å². The van der Waals surface area contributed by atoms with E-state index in [1.54, 1.807) is 13.8 Å². The van der Waals surface area contributed by atoms with Crippen molar-refractivity contribution < 1.29 is 38.7 Å². The maximum atomic E-state index is 11.3. The molecule has 2 aromatic rings. The number of fused-ring (bicyclic) bond motifs is 2. The fourth-order valence-corrected chi connectivity index (χ4v) is 9.23. The number of ether oxygens (including phenoxy) is 4. The van der Waals surface area contributed by atoms with E-state index in [0.29, 0.717) is 23.7 Å². The van der Waals surface area contributed by atoms with Gasteiger partial charge in [0.25, 0.3) is 0 Å². The second-order valence-electron chi connectivity index (χ2n) is 18.7. The molecule has 0 saturated heterocycles. The Hall–Kier alpha value is -3.42. The molecule has 0 aliphatic carbocycles. The van der Waals surface area contributed by atoms with Crippen molar-refractivity contribution in [2.24, 2.45) is 0 Å². The second-order valence-corrected chi connectivity index (χ2v) is 18.7. The summed E-state index contributed by atoms with van der Waals surface area (Å²) in [4.78, 5) is 22.4. The van der Waals surface area contributed by atoms with Crippen LogP contribution in [0.2, 0.25) is 0 Å². The van der Waals surface area contributed by atoms with Crippen molar-refractivity contribution >= 4 is 11.9 Å². The lowest BCUT2D eigenvalue weighted by atomic mass is 9.90. The highest BCUT2D eigenvalue weighted by atomic mass is 16.5. The van der Waals surface area contributed by atoms with Gasteiger partial charge in [0, 0.05) is 11.1 Å². The van der Waals surface area contributed by atoms with Crippen molar-refractivity contribution in [3.8, 4) is 23.0 Å². The minimum Gasteiger partial charge on any atom is -0.490 e. The molecule has 0 amide bonds. The molecule has 0 radical (unpaired) electrons. The lowest BCUT2D eigenvalue weighted by molar-refractivity contribution is -0.145. The second kappa shape index (κ2) is 28.4. The Morgan fingerprint density at radius 1 is 0.484 bits per heavy atom. The Balaban J connectivity index is 0.000000348. The Labute approximate surface area is 377 Å². The number of hydrogen-bond donors (Lipinski definition) is 2. The molecule has 4 rings (SSSR count). The lowest BCUT2D eigenvalue weighted by Gasteiger charge is -2.31. The largest absolute Gasteiger partial charge is 0.490 e. The van der Waals surface area contributed by atoms with Gasteiger partial charge in [-0.05, 0) is 140 Å². The van der Waals surface area contributed by atoms with E-state index in [0.717, 1.165) is 83.4 Å². The van der Waals surface area contributed by atoms with Crippen LogP contribution < -0.4 is 18.9 Å². The standard InChI is InChI=1S/C32H54O4.C22H34O4/c1-6-7-8-9-10-11-12-13-14-15-16-17-18-19-20-21-28-22-23-29-26(4)30(35-27(5)32(33)34)24(2)25(3)31(29)36-28;1-6-7-8-9-10-11-18-12-13-19-16(4)20(25-17(5)22(23)24)14(2)15(3)21(19)26-18/h27-28H,6-23H2,1-5H3,(H,33,34);17-18H,6-13H2,1-5H3,(H,23,24)/t27?,28-;17?,18-/m11/s1. The first-order chi connectivity index (χ1) is 29.7. The first-order valence-corrected chi connectivity index (χ1v) is 25.1. The Bertz CT molecular complexity index is 1660. The van der Waals surface area contributed by atoms with Gasteiger partial charge in [-0.3, -0.25) is 0 Å². The fraction of sp³-hybridized carbons (Fsp3) is 0.741. The van der Waals surface area contributed by atoms with Gasteiger partial charge in [0.1, 0.15) is 23.0 Å². The zero-order valence-corrected chi connectivity index (χ0v) is 41.0. The van der Waals surface area contributed by atoms with Crippen LogP contribution in [0.1, 0.15) is 226 Å². The van der Waals surface area contributed by atoms with Crippen molar-refractivity contribution in [1.29, 1.82) is 0 Å². The molecule has 8 nitrogen and oxygen atoms in total. The van der Waals surface area contributed by atoms with Gasteiger partial charge in [-0.1, -0.05) is 129 Å². The summed E-state index contributed by atoms with van der Waals surface area (Å²) in [6.07, 6.45) is 32.4. The summed E-state index contributed by atoms with van der Waals surface area (Å²) in [5.41, 5.74) is 8.58. The Kier molecular flexibility index (Phi) is 24.2. The van der Waals surface area contributed by atoms with Crippen LogP contribution >= 0.6 is 0 Å². The average Bonchev–Trinajstić information content (AvgIpc) is 3.26. The van der Waals surface area contributed by atoms with E-state index < -0.39 is 24.1 Å². The van der Waals surface area contributed by atoms with Crippen molar-refractivity contribution in [1.82, 2.24) is 0 Å². The van der Waals surface area contributed by atoms with E-state index in [1.165, 1.54) is 140 Å². The van der Waals surface area contributed by atoms with Crippen LogP contribution in [0.3, 0.4) is 0 Å². The van der Waals surface area contributed by atoms with Gasteiger partial charge in [0.05, 0.1) is 12.2 Å². The molecule has 0 spiro atoms. The molecule has 62 heavy (non-hydrogen) atoms. The summed E-state index contributed by atoms with van der Waals surface area (Å²) >= 11 is 0. The third kappa shape index (κ3) is 16.6. The van der Waals surface area contributed by atoms with Crippen molar-refractivity contribution in [3.63, 3.8) is 0 Å². The zero-order chi connectivity index (χ0) is 45.6. The monoisotopic (exact) mass is 865 g/mol. The number of unbranched alkanes of at least 4 members (excludes halogenated alkanes) is 18. The number of carboxylic acid groups (broad SMARTS) is 2. The summed E-state index contributed by atoms with van der Waals surface area (Å²) < 4.78 is 24.4. The molecule has 0 aromatic heterocycles. The van der Waals surface area contributed by atoms with Crippen LogP contribution in [-0.2, 0) is 22.4 Å². The predicted molar refractivity (Wildman–Crippen MR) is 255 cm³/mol. The van der Waals surface area contributed by atoms with Crippen LogP contribution in [0.5, 0.6) is 23.0 Å². The van der Waals surface area contributed by atoms with E-state index in [9.17, 15) is 14.7 Å². The number of aliphatic carboxylic acids is 2. The highest BCUT2D eigenvalue weighted by Crippen LogP contribution is 2.44. The molecule has 8 heteroatoms. The molecule has 2 heterocycles. The molecule has 352 valence electrons. The summed E-state index contributed by atoms with van der Waals surface area (Å²) in [5, 5.41) is 18.4. The van der Waals surface area contributed by atoms with Gasteiger partial charge < -0.3 is 29.2 Å². The van der Waals surface area contributed by atoms with Gasteiger partial charge in [0.2, 0.25) is 0 Å². The third-order valence-corrected chi connectivity index (χ3v) is 13.7. The van der Waals surface area contributed by atoms with Crippen LogP contribution in [0.15, 0.2) is 0 Å². The van der Waals surface area contributed by atoms with Crippen molar-refractivity contribution in [3.05, 3.63) is 44.5 Å². The Morgan fingerprint density at radius 3 is 1.06 bits per heavy atom. The fourth-order valence-electron chi connectivity index (χ4n) is 9.23. The molecule has 2 aromatic carbocycles. The van der Waals surface area contributed by atoms with Gasteiger partial charge >= 0.3 is 11.9 Å². The first-order valence-electron chi connectivity index (χ1n) is 25.1. The number of hydrogen-bond acceptors (Lipinski definition) is 6. The summed E-state index contributed by atoms with van der Waals surface area (Å²) in [6.45, 7) is 19.9. The molecular formula is C54H88O8. The van der Waals surface area contributed by atoms with E-state index in [2.05, 4.69) is 27.7 Å². The molecule has 2 unspecified atom stereocenters. The smallest absolute Gasteiger partial charge is 0.344 e. The number of carbonyl (C=O) groups is 2. The third-order valence-electron chi connectivity index (χ3n) is 13.7. The quantitative estimate of drug-likeness (QED) is 0.0814. The van der Waals surface area contributed by atoms with E-state index in [1.807, 2.05) is 27.7 Å². The molecule has 0 saturated carbocycles. The molecule has 2 aliphatic heterocycles. The highest BCUT2D eigenvalue weighted by Gasteiger charge is 2.29. The average molecular weight is 865 g/mol. The van der Waals surface area contributed by atoms with Gasteiger partial charge in [-0.15, -0.1) is 0 Å². The van der Waals surface area contributed by atoms with Crippen LogP contribution in [0.25, 0.3) is 0 Å². The number of benzene rings is 2. The summed E-state index contributed by atoms with van der Waals surface area (Å²) in [5.74, 6) is 1.54. The minimum absolute atomic E-state index is 0.293. The van der Waals surface area contributed by atoms with Gasteiger partial charge in [-0.2, -0.15) is 0 Å². The molecular weight excluding hydrogens is 777 g/mol. The first kappa shape index (κ1) is 52.9. The number of carboxylic acids is 2. The molecule has 0 bridgehead atoms. The number of rotatable bonds is 28. The SMILES string of the molecule is CCCCCCCCCCCCCCCCC[C@@H]1CCc2c(C)c(OC(C)C(=O)O)c(C)c(C)c2O1.CCCCCCC[C@@H]1CCc2c(C)c(OC(C)C(=O)O)c(C)c(C)c2O1. The topological polar surface area (TPSA) is 112 Å². The minimum atomic E-state index is -0.946. The van der Waals surface area contributed by atoms with Crippen LogP contribution in [0.4, 0.5) is 0 Å². The van der Waals surface area contributed by atoms with E-state index >= 15 is 0 Å². The maximum Gasteiger partial charge on any atom is 0.344 e. The predicted octanol–water partition coefficient (Wildman–Crippen LogP) is 14.9.